The summed E-state index contributed by atoms with van der Waals surface area (Å²) >= 11 is 0. The highest BCUT2D eigenvalue weighted by Gasteiger charge is 2.12. The average molecular weight is 297 g/mol. The minimum Gasteiger partial charge on any atom is -0.497 e. The first-order chi connectivity index (χ1) is 10.6. The van der Waals surface area contributed by atoms with Crippen molar-refractivity contribution in [1.82, 2.24) is 5.32 Å². The van der Waals surface area contributed by atoms with Gasteiger partial charge in [0.05, 0.1) is 18.1 Å². The Bertz CT molecular complexity index is 675. The van der Waals surface area contributed by atoms with E-state index in [1.54, 1.807) is 19.2 Å². The molecule has 0 saturated heterocycles. The number of nitriles is 1. The highest BCUT2D eigenvalue weighted by molar-refractivity contribution is 5.36. The van der Waals surface area contributed by atoms with Crippen LogP contribution in [0, 0.1) is 21.4 Å². The van der Waals surface area contributed by atoms with E-state index in [4.69, 9.17) is 4.74 Å². The van der Waals surface area contributed by atoms with Crippen LogP contribution in [0.4, 0.5) is 5.69 Å². The van der Waals surface area contributed by atoms with Gasteiger partial charge in [0.1, 0.15) is 11.8 Å². The van der Waals surface area contributed by atoms with Gasteiger partial charge < -0.3 is 4.74 Å². The molecule has 6 heteroatoms. The third kappa shape index (κ3) is 3.81. The number of nitrogens with one attached hydrogen (secondary N) is 1. The molecule has 1 unspecified atom stereocenters. The summed E-state index contributed by atoms with van der Waals surface area (Å²) < 4.78 is 5.09. The van der Waals surface area contributed by atoms with E-state index in [1.807, 2.05) is 24.3 Å². The van der Waals surface area contributed by atoms with Crippen molar-refractivity contribution in [3.05, 3.63) is 69.8 Å². The number of methoxy groups -OCH3 is 1. The van der Waals surface area contributed by atoms with Crippen molar-refractivity contribution < 1.29 is 9.66 Å². The van der Waals surface area contributed by atoms with E-state index < -0.39 is 11.0 Å². The van der Waals surface area contributed by atoms with Crippen LogP contribution in [0.5, 0.6) is 5.75 Å². The van der Waals surface area contributed by atoms with E-state index in [2.05, 4.69) is 11.4 Å². The topological polar surface area (TPSA) is 88.2 Å². The number of ether oxygens (including phenoxy) is 1. The Hall–Kier alpha value is -2.91. The van der Waals surface area contributed by atoms with Crippen molar-refractivity contribution in [1.29, 1.82) is 5.26 Å². The van der Waals surface area contributed by atoms with Crippen LogP contribution in [0.2, 0.25) is 0 Å². The molecule has 112 valence electrons. The molecule has 0 fully saturated rings. The first kappa shape index (κ1) is 15.5. The third-order valence-electron chi connectivity index (χ3n) is 3.24. The lowest BCUT2D eigenvalue weighted by Gasteiger charge is -2.12. The van der Waals surface area contributed by atoms with Gasteiger partial charge in [0.15, 0.2) is 0 Å². The van der Waals surface area contributed by atoms with Crippen LogP contribution >= 0.6 is 0 Å². The van der Waals surface area contributed by atoms with Gasteiger partial charge in [-0.1, -0.05) is 12.1 Å². The van der Waals surface area contributed by atoms with E-state index in [-0.39, 0.29) is 5.69 Å². The van der Waals surface area contributed by atoms with Crippen LogP contribution in [0.25, 0.3) is 0 Å². The Morgan fingerprint density at radius 1 is 1.23 bits per heavy atom. The molecule has 0 spiro atoms. The van der Waals surface area contributed by atoms with E-state index >= 15 is 0 Å². The van der Waals surface area contributed by atoms with Gasteiger partial charge in [0.25, 0.3) is 5.69 Å². The summed E-state index contributed by atoms with van der Waals surface area (Å²) in [6, 6.07) is 15.1. The van der Waals surface area contributed by atoms with Crippen LogP contribution < -0.4 is 10.1 Å². The molecule has 2 aromatic carbocycles. The minimum atomic E-state index is -0.525. The van der Waals surface area contributed by atoms with E-state index in [0.29, 0.717) is 12.1 Å². The second-order valence-electron chi connectivity index (χ2n) is 4.64. The zero-order valence-electron chi connectivity index (χ0n) is 12.0. The van der Waals surface area contributed by atoms with Gasteiger partial charge in [-0.3, -0.25) is 15.4 Å². The number of hydrogen-bond donors (Lipinski definition) is 1. The molecule has 0 aliphatic heterocycles. The molecule has 0 aromatic heterocycles. The highest BCUT2D eigenvalue weighted by atomic mass is 16.6. The quantitative estimate of drug-likeness (QED) is 0.654. The van der Waals surface area contributed by atoms with Crippen LogP contribution in [0.1, 0.15) is 17.2 Å². The molecule has 0 aliphatic rings. The van der Waals surface area contributed by atoms with Gasteiger partial charge >= 0.3 is 0 Å². The molecular weight excluding hydrogens is 282 g/mol. The first-order valence-corrected chi connectivity index (χ1v) is 6.64. The maximum atomic E-state index is 10.6. The SMILES string of the molecule is COc1ccc(CNC(C#N)c2ccc([N+](=O)[O-])cc2)cc1. The summed E-state index contributed by atoms with van der Waals surface area (Å²) in [5.74, 6) is 0.774. The van der Waals surface area contributed by atoms with Gasteiger partial charge in [0.2, 0.25) is 0 Å². The molecule has 0 bridgehead atoms. The van der Waals surface area contributed by atoms with Crippen LogP contribution in [-0.4, -0.2) is 12.0 Å². The number of non-ortho nitro benzene ring substituents is 1. The van der Waals surface area contributed by atoms with E-state index in [1.165, 1.54) is 12.1 Å². The smallest absolute Gasteiger partial charge is 0.269 e. The van der Waals surface area contributed by atoms with Gasteiger partial charge in [-0.25, -0.2) is 0 Å². The maximum Gasteiger partial charge on any atom is 0.269 e. The predicted molar refractivity (Wildman–Crippen MR) is 81.3 cm³/mol. The summed E-state index contributed by atoms with van der Waals surface area (Å²) in [6.07, 6.45) is 0. The number of nitro groups is 1. The largest absolute Gasteiger partial charge is 0.497 e. The highest BCUT2D eigenvalue weighted by Crippen LogP contribution is 2.18. The Kier molecular flexibility index (Phi) is 5.07. The third-order valence-corrected chi connectivity index (χ3v) is 3.24. The van der Waals surface area contributed by atoms with Crippen molar-refractivity contribution in [3.8, 4) is 11.8 Å². The summed E-state index contributed by atoms with van der Waals surface area (Å²) in [5, 5.41) is 23.0. The van der Waals surface area contributed by atoms with Crippen molar-refractivity contribution in [3.63, 3.8) is 0 Å². The molecule has 1 atom stereocenters. The van der Waals surface area contributed by atoms with Crippen LogP contribution in [0.3, 0.4) is 0 Å². The second-order valence-corrected chi connectivity index (χ2v) is 4.64. The molecule has 0 amide bonds. The molecule has 0 heterocycles. The summed E-state index contributed by atoms with van der Waals surface area (Å²) in [5.41, 5.74) is 1.72. The van der Waals surface area contributed by atoms with Crippen LogP contribution in [0.15, 0.2) is 48.5 Å². The van der Waals surface area contributed by atoms with Gasteiger partial charge in [-0.2, -0.15) is 5.26 Å². The second kappa shape index (κ2) is 7.20. The Morgan fingerprint density at radius 2 is 1.86 bits per heavy atom. The molecule has 0 aliphatic carbocycles. The molecule has 2 aromatic rings. The minimum absolute atomic E-state index is 0.00981. The van der Waals surface area contributed by atoms with E-state index in [9.17, 15) is 15.4 Å². The fourth-order valence-corrected chi connectivity index (χ4v) is 1.99. The molecule has 22 heavy (non-hydrogen) atoms. The van der Waals surface area contributed by atoms with E-state index in [0.717, 1.165) is 11.3 Å². The normalized spacial score (nSPS) is 11.5. The average Bonchev–Trinajstić information content (AvgIpc) is 2.56. The van der Waals surface area contributed by atoms with Crippen molar-refractivity contribution in [2.75, 3.05) is 7.11 Å². The fraction of sp³-hybridized carbons (Fsp3) is 0.188. The summed E-state index contributed by atoms with van der Waals surface area (Å²) in [6.45, 7) is 0.513. The lowest BCUT2D eigenvalue weighted by atomic mass is 10.1. The first-order valence-electron chi connectivity index (χ1n) is 6.64. The summed E-state index contributed by atoms with van der Waals surface area (Å²) in [4.78, 5) is 10.2. The zero-order chi connectivity index (χ0) is 15.9. The molecule has 0 saturated carbocycles. The number of rotatable bonds is 6. The summed E-state index contributed by atoms with van der Waals surface area (Å²) in [7, 11) is 1.60. The molecule has 6 nitrogen and oxygen atoms in total. The number of hydrogen-bond acceptors (Lipinski definition) is 5. The molecule has 2 rings (SSSR count). The van der Waals surface area contributed by atoms with Gasteiger partial charge in [-0.15, -0.1) is 0 Å². The lowest BCUT2D eigenvalue weighted by molar-refractivity contribution is -0.384. The van der Waals surface area contributed by atoms with Gasteiger partial charge in [0, 0.05) is 18.7 Å². The van der Waals surface area contributed by atoms with Crippen molar-refractivity contribution in [2.24, 2.45) is 0 Å². The van der Waals surface area contributed by atoms with Crippen molar-refractivity contribution >= 4 is 5.69 Å². The maximum absolute atomic E-state index is 10.6. The molecular formula is C16H15N3O3. The number of nitro benzene ring substituents is 1. The fourth-order valence-electron chi connectivity index (χ4n) is 1.99. The predicted octanol–water partition coefficient (Wildman–Crippen LogP) is 2.96. The monoisotopic (exact) mass is 297 g/mol. The van der Waals surface area contributed by atoms with Gasteiger partial charge in [-0.05, 0) is 35.4 Å². The number of benzene rings is 2. The molecule has 1 N–H and O–H groups in total. The lowest BCUT2D eigenvalue weighted by Crippen LogP contribution is -2.19. The Morgan fingerprint density at radius 3 is 2.36 bits per heavy atom. The number of nitrogens with zero attached hydrogens (tertiary/aromatic N) is 2. The zero-order valence-corrected chi connectivity index (χ0v) is 12.0. The van der Waals surface area contributed by atoms with Crippen LogP contribution in [-0.2, 0) is 6.54 Å². The molecule has 0 radical (unpaired) electrons. The van der Waals surface area contributed by atoms with Crippen molar-refractivity contribution in [2.45, 2.75) is 12.6 Å². The Balaban J connectivity index is 2.02. The standard InChI is InChI=1S/C16H15N3O3/c1-22-15-8-2-12(3-9-15)11-18-16(10-17)13-4-6-14(7-5-13)19(20)21/h2-9,16,18H,11H2,1H3. The Labute approximate surface area is 128 Å².